The fourth-order valence-electron chi connectivity index (χ4n) is 1.92. The Morgan fingerprint density at radius 2 is 2.13 bits per heavy atom. The first-order valence-electron chi connectivity index (χ1n) is 5.75. The Balaban J connectivity index is 2.07. The number of hydrogen-bond acceptors (Lipinski definition) is 2. The SMILES string of the molecule is CSCC(C)CNC(=S)NC1CCCC1. The molecule has 0 amide bonds. The van der Waals surface area contributed by atoms with E-state index >= 15 is 0 Å². The highest BCUT2D eigenvalue weighted by atomic mass is 32.2. The average molecular weight is 246 g/mol. The van der Waals surface area contributed by atoms with Crippen LogP contribution in [0.15, 0.2) is 0 Å². The Labute approximate surface area is 103 Å². The molecule has 0 saturated heterocycles. The highest BCUT2D eigenvalue weighted by molar-refractivity contribution is 7.98. The van der Waals surface area contributed by atoms with Gasteiger partial charge in [-0.3, -0.25) is 0 Å². The standard InChI is InChI=1S/C11H22N2S2/c1-9(8-15-2)7-12-11(14)13-10-5-3-4-6-10/h9-10H,3-8H2,1-2H3,(H2,12,13,14). The van der Waals surface area contributed by atoms with Crippen LogP contribution < -0.4 is 10.6 Å². The van der Waals surface area contributed by atoms with Crippen molar-refractivity contribution in [3.8, 4) is 0 Å². The summed E-state index contributed by atoms with van der Waals surface area (Å²) < 4.78 is 0. The van der Waals surface area contributed by atoms with Crippen LogP contribution >= 0.6 is 24.0 Å². The number of rotatable bonds is 5. The summed E-state index contributed by atoms with van der Waals surface area (Å²) in [6, 6.07) is 0.626. The number of thiocarbonyl (C=S) groups is 1. The smallest absolute Gasteiger partial charge is 0.166 e. The van der Waals surface area contributed by atoms with E-state index in [-0.39, 0.29) is 0 Å². The maximum absolute atomic E-state index is 5.26. The van der Waals surface area contributed by atoms with Crippen LogP contribution in [-0.2, 0) is 0 Å². The van der Waals surface area contributed by atoms with Gasteiger partial charge in [-0.15, -0.1) is 0 Å². The molecule has 1 unspecified atom stereocenters. The van der Waals surface area contributed by atoms with Crippen LogP contribution in [0.4, 0.5) is 0 Å². The van der Waals surface area contributed by atoms with Crippen molar-refractivity contribution in [1.82, 2.24) is 10.6 Å². The third kappa shape index (κ3) is 5.61. The lowest BCUT2D eigenvalue weighted by Gasteiger charge is -2.17. The maximum Gasteiger partial charge on any atom is 0.166 e. The van der Waals surface area contributed by atoms with E-state index in [1.54, 1.807) is 0 Å². The van der Waals surface area contributed by atoms with Gasteiger partial charge in [0.1, 0.15) is 0 Å². The summed E-state index contributed by atoms with van der Waals surface area (Å²) in [7, 11) is 0. The topological polar surface area (TPSA) is 24.1 Å². The molecule has 15 heavy (non-hydrogen) atoms. The lowest BCUT2D eigenvalue weighted by Crippen LogP contribution is -2.42. The highest BCUT2D eigenvalue weighted by Gasteiger charge is 2.15. The Morgan fingerprint density at radius 1 is 1.47 bits per heavy atom. The zero-order valence-electron chi connectivity index (χ0n) is 9.71. The zero-order valence-corrected chi connectivity index (χ0v) is 11.3. The third-order valence-corrected chi connectivity index (χ3v) is 3.92. The Bertz CT molecular complexity index is 191. The largest absolute Gasteiger partial charge is 0.362 e. The second-order valence-corrected chi connectivity index (χ2v) is 5.72. The van der Waals surface area contributed by atoms with Gasteiger partial charge in [0, 0.05) is 12.6 Å². The molecule has 0 spiro atoms. The molecule has 2 nitrogen and oxygen atoms in total. The van der Waals surface area contributed by atoms with Gasteiger partial charge < -0.3 is 10.6 Å². The van der Waals surface area contributed by atoms with Crippen LogP contribution in [-0.4, -0.2) is 29.7 Å². The Kier molecular flexibility index (Phi) is 6.41. The second-order valence-electron chi connectivity index (χ2n) is 4.40. The van der Waals surface area contributed by atoms with E-state index < -0.39 is 0 Å². The maximum atomic E-state index is 5.26. The quantitative estimate of drug-likeness (QED) is 0.728. The number of nitrogens with one attached hydrogen (secondary N) is 2. The van der Waals surface area contributed by atoms with Gasteiger partial charge in [-0.1, -0.05) is 19.8 Å². The van der Waals surface area contributed by atoms with Crippen molar-refractivity contribution in [2.24, 2.45) is 5.92 Å². The molecule has 0 radical (unpaired) electrons. The summed E-state index contributed by atoms with van der Waals surface area (Å²) in [6.45, 7) is 3.24. The van der Waals surface area contributed by atoms with Crippen LogP contribution in [0.5, 0.6) is 0 Å². The van der Waals surface area contributed by atoms with Crippen molar-refractivity contribution in [3.63, 3.8) is 0 Å². The van der Waals surface area contributed by atoms with E-state index in [4.69, 9.17) is 12.2 Å². The van der Waals surface area contributed by atoms with Crippen molar-refractivity contribution in [3.05, 3.63) is 0 Å². The van der Waals surface area contributed by atoms with Crippen LogP contribution in [0.3, 0.4) is 0 Å². The molecule has 0 bridgehead atoms. The normalized spacial score (nSPS) is 18.8. The summed E-state index contributed by atoms with van der Waals surface area (Å²) in [6.07, 6.45) is 7.41. The molecule has 1 aliphatic rings. The number of thioether (sulfide) groups is 1. The van der Waals surface area contributed by atoms with E-state index in [9.17, 15) is 0 Å². The molecule has 1 saturated carbocycles. The molecule has 0 heterocycles. The Hall–Kier alpha value is 0.0400. The highest BCUT2D eigenvalue weighted by Crippen LogP contribution is 2.17. The van der Waals surface area contributed by atoms with Crippen LogP contribution in [0.2, 0.25) is 0 Å². The lowest BCUT2D eigenvalue weighted by molar-refractivity contribution is 0.594. The fourth-order valence-corrected chi connectivity index (χ4v) is 2.85. The van der Waals surface area contributed by atoms with Crippen molar-refractivity contribution in [2.45, 2.75) is 38.6 Å². The zero-order chi connectivity index (χ0) is 11.1. The summed E-state index contributed by atoms with van der Waals surface area (Å²) >= 11 is 7.15. The van der Waals surface area contributed by atoms with E-state index in [2.05, 4.69) is 23.8 Å². The first-order chi connectivity index (χ1) is 7.22. The van der Waals surface area contributed by atoms with Gasteiger partial charge in [0.05, 0.1) is 0 Å². The second kappa shape index (κ2) is 7.34. The van der Waals surface area contributed by atoms with Crippen molar-refractivity contribution >= 4 is 29.1 Å². The molecule has 1 atom stereocenters. The molecule has 2 N–H and O–H groups in total. The van der Waals surface area contributed by atoms with E-state index in [0.29, 0.717) is 12.0 Å². The Morgan fingerprint density at radius 3 is 2.73 bits per heavy atom. The molecule has 0 aromatic rings. The third-order valence-electron chi connectivity index (χ3n) is 2.75. The van der Waals surface area contributed by atoms with Crippen LogP contribution in [0, 0.1) is 5.92 Å². The molecule has 4 heteroatoms. The minimum absolute atomic E-state index is 0.626. The van der Waals surface area contributed by atoms with Crippen LogP contribution in [0.25, 0.3) is 0 Å². The van der Waals surface area contributed by atoms with Crippen molar-refractivity contribution in [2.75, 3.05) is 18.6 Å². The van der Waals surface area contributed by atoms with Crippen molar-refractivity contribution < 1.29 is 0 Å². The monoisotopic (exact) mass is 246 g/mol. The van der Waals surface area contributed by atoms with E-state index in [0.717, 1.165) is 11.7 Å². The number of hydrogen-bond donors (Lipinski definition) is 2. The van der Waals surface area contributed by atoms with Crippen molar-refractivity contribution in [1.29, 1.82) is 0 Å². The van der Waals surface area contributed by atoms with Gasteiger partial charge >= 0.3 is 0 Å². The summed E-state index contributed by atoms with van der Waals surface area (Å²) in [5, 5.41) is 7.53. The molecular formula is C11H22N2S2. The molecule has 0 aromatic heterocycles. The molecule has 88 valence electrons. The van der Waals surface area contributed by atoms with E-state index in [1.807, 2.05) is 11.8 Å². The predicted octanol–water partition coefficient (Wildman–Crippen LogP) is 2.39. The predicted molar refractivity (Wildman–Crippen MR) is 73.5 cm³/mol. The fraction of sp³-hybridized carbons (Fsp3) is 0.909. The van der Waals surface area contributed by atoms with Gasteiger partial charge in [-0.25, -0.2) is 0 Å². The summed E-state index contributed by atoms with van der Waals surface area (Å²) in [4.78, 5) is 0. The van der Waals surface area contributed by atoms with Gasteiger partial charge in [0.2, 0.25) is 0 Å². The molecule has 0 aromatic carbocycles. The van der Waals surface area contributed by atoms with Gasteiger partial charge in [-0.05, 0) is 43.0 Å². The first kappa shape index (κ1) is 13.1. The van der Waals surface area contributed by atoms with Crippen LogP contribution in [0.1, 0.15) is 32.6 Å². The minimum atomic E-state index is 0.626. The summed E-state index contributed by atoms with van der Waals surface area (Å²) in [5.74, 6) is 1.88. The lowest BCUT2D eigenvalue weighted by atomic mass is 10.2. The van der Waals surface area contributed by atoms with Gasteiger partial charge in [-0.2, -0.15) is 11.8 Å². The molecule has 1 fully saturated rings. The molecule has 1 rings (SSSR count). The first-order valence-corrected chi connectivity index (χ1v) is 7.56. The van der Waals surface area contributed by atoms with Gasteiger partial charge in [0.15, 0.2) is 5.11 Å². The molecular weight excluding hydrogens is 224 g/mol. The molecule has 1 aliphatic carbocycles. The molecule has 0 aliphatic heterocycles. The minimum Gasteiger partial charge on any atom is -0.362 e. The van der Waals surface area contributed by atoms with E-state index in [1.165, 1.54) is 31.4 Å². The average Bonchev–Trinajstić information content (AvgIpc) is 2.68. The van der Waals surface area contributed by atoms with Gasteiger partial charge in [0.25, 0.3) is 0 Å². The summed E-state index contributed by atoms with van der Waals surface area (Å²) in [5.41, 5.74) is 0.